The van der Waals surface area contributed by atoms with Gasteiger partial charge in [-0.3, -0.25) is 0 Å². The fourth-order valence-corrected chi connectivity index (χ4v) is 4.18. The van der Waals surface area contributed by atoms with E-state index in [1.807, 2.05) is 17.4 Å². The van der Waals surface area contributed by atoms with Crippen LogP contribution in [0.3, 0.4) is 0 Å². The van der Waals surface area contributed by atoms with Crippen molar-refractivity contribution < 1.29 is 9.47 Å². The lowest BCUT2D eigenvalue weighted by atomic mass is 10.0. The molecule has 0 aliphatic carbocycles. The Labute approximate surface area is 182 Å². The number of fused-ring (bicyclic) bond motifs is 1. The normalized spacial score (nSPS) is 17.3. The lowest BCUT2D eigenvalue weighted by Gasteiger charge is -2.30. The summed E-state index contributed by atoms with van der Waals surface area (Å²) in [5, 5.41) is 7.03. The molecule has 0 saturated carbocycles. The summed E-state index contributed by atoms with van der Waals surface area (Å²) < 4.78 is 12.9. The Bertz CT molecular complexity index is 1060. The maximum atomic E-state index is 5.57. The highest BCUT2D eigenvalue weighted by Gasteiger charge is 2.22. The van der Waals surface area contributed by atoms with Crippen LogP contribution in [-0.4, -0.2) is 66.8 Å². The summed E-state index contributed by atoms with van der Waals surface area (Å²) in [6.07, 6.45) is 3.88. The highest BCUT2D eigenvalue weighted by atomic mass is 16.5. The number of imidazole rings is 1. The van der Waals surface area contributed by atoms with Gasteiger partial charge in [-0.05, 0) is 18.4 Å². The van der Waals surface area contributed by atoms with Crippen LogP contribution in [0.15, 0.2) is 47.8 Å². The number of morpholine rings is 1. The third-order valence-corrected chi connectivity index (χ3v) is 5.82. The lowest BCUT2D eigenvalue weighted by molar-refractivity contribution is 0.123. The zero-order chi connectivity index (χ0) is 21.0. The molecule has 162 valence electrons. The minimum atomic E-state index is 0.615. The standard InChI is InChI=1S/C23H28N6O2/c1-30-13-10-28-17-24-22-20(27-11-14-31-15-12-27)16-21(25-23(22)28)29-9-5-8-19(26-29)18-6-3-2-4-7-18/h2-4,6-7,16-17H,5,8-15H2,1H3. The second-order valence-electron chi connectivity index (χ2n) is 7.84. The Balaban J connectivity index is 1.57. The molecule has 31 heavy (non-hydrogen) atoms. The van der Waals surface area contributed by atoms with Gasteiger partial charge in [0.15, 0.2) is 11.5 Å². The van der Waals surface area contributed by atoms with Gasteiger partial charge in [0.05, 0.1) is 37.5 Å². The number of hydrogen-bond acceptors (Lipinski definition) is 7. The van der Waals surface area contributed by atoms with E-state index in [2.05, 4.69) is 39.8 Å². The summed E-state index contributed by atoms with van der Waals surface area (Å²) in [7, 11) is 1.71. The number of anilines is 2. The largest absolute Gasteiger partial charge is 0.383 e. The molecule has 8 heteroatoms. The van der Waals surface area contributed by atoms with Gasteiger partial charge in [0.25, 0.3) is 0 Å². The van der Waals surface area contributed by atoms with E-state index in [-0.39, 0.29) is 0 Å². The van der Waals surface area contributed by atoms with Gasteiger partial charge in [-0.15, -0.1) is 0 Å². The van der Waals surface area contributed by atoms with Crippen molar-refractivity contribution in [2.45, 2.75) is 19.4 Å². The van der Waals surface area contributed by atoms with E-state index in [1.165, 1.54) is 5.56 Å². The maximum absolute atomic E-state index is 5.57. The van der Waals surface area contributed by atoms with Crippen LogP contribution in [0.1, 0.15) is 18.4 Å². The number of aromatic nitrogens is 3. The van der Waals surface area contributed by atoms with E-state index in [4.69, 9.17) is 24.5 Å². The summed E-state index contributed by atoms with van der Waals surface area (Å²) in [6.45, 7) is 5.33. The van der Waals surface area contributed by atoms with Crippen molar-refractivity contribution in [3.63, 3.8) is 0 Å². The first kappa shape index (κ1) is 20.0. The number of pyridine rings is 1. The number of methoxy groups -OCH3 is 1. The molecule has 2 aliphatic heterocycles. The molecule has 0 radical (unpaired) electrons. The number of hydrogen-bond donors (Lipinski definition) is 0. The van der Waals surface area contributed by atoms with E-state index in [9.17, 15) is 0 Å². The van der Waals surface area contributed by atoms with Gasteiger partial charge in [0.1, 0.15) is 5.52 Å². The Kier molecular flexibility index (Phi) is 5.82. The molecular formula is C23H28N6O2. The second kappa shape index (κ2) is 9.03. The molecule has 5 rings (SSSR count). The van der Waals surface area contributed by atoms with Gasteiger partial charge in [0, 0.05) is 39.4 Å². The summed E-state index contributed by atoms with van der Waals surface area (Å²) in [5.41, 5.74) is 5.17. The predicted octanol–water partition coefficient (Wildman–Crippen LogP) is 2.92. The van der Waals surface area contributed by atoms with E-state index in [1.54, 1.807) is 7.11 Å². The van der Waals surface area contributed by atoms with Crippen molar-refractivity contribution in [3.8, 4) is 0 Å². The van der Waals surface area contributed by atoms with Crippen LogP contribution in [0.5, 0.6) is 0 Å². The highest BCUT2D eigenvalue weighted by molar-refractivity contribution is 6.01. The van der Waals surface area contributed by atoms with E-state index < -0.39 is 0 Å². The van der Waals surface area contributed by atoms with Gasteiger partial charge in [0.2, 0.25) is 0 Å². The van der Waals surface area contributed by atoms with Crippen molar-refractivity contribution in [2.24, 2.45) is 5.10 Å². The fourth-order valence-electron chi connectivity index (χ4n) is 4.18. The van der Waals surface area contributed by atoms with E-state index in [0.717, 1.165) is 74.1 Å². The summed E-state index contributed by atoms with van der Waals surface area (Å²) >= 11 is 0. The van der Waals surface area contributed by atoms with Crippen LogP contribution in [0.4, 0.5) is 11.5 Å². The number of hydrazone groups is 1. The van der Waals surface area contributed by atoms with Crippen molar-refractivity contribution in [3.05, 3.63) is 48.3 Å². The molecule has 0 unspecified atom stereocenters. The quantitative estimate of drug-likeness (QED) is 0.611. The molecule has 1 aromatic carbocycles. The first-order chi connectivity index (χ1) is 15.3. The molecule has 2 aromatic heterocycles. The van der Waals surface area contributed by atoms with Crippen molar-refractivity contribution in [1.29, 1.82) is 0 Å². The molecule has 4 heterocycles. The predicted molar refractivity (Wildman–Crippen MR) is 122 cm³/mol. The molecular weight excluding hydrogens is 392 g/mol. The van der Waals surface area contributed by atoms with Crippen LogP contribution < -0.4 is 9.91 Å². The van der Waals surface area contributed by atoms with Crippen LogP contribution in [0, 0.1) is 0 Å². The van der Waals surface area contributed by atoms with E-state index in [0.29, 0.717) is 13.2 Å². The molecule has 2 aliphatic rings. The smallest absolute Gasteiger partial charge is 0.164 e. The zero-order valence-electron chi connectivity index (χ0n) is 17.9. The average Bonchev–Trinajstić information content (AvgIpc) is 3.26. The molecule has 8 nitrogen and oxygen atoms in total. The van der Waals surface area contributed by atoms with Crippen molar-refractivity contribution in [2.75, 3.05) is 56.5 Å². The Morgan fingerprint density at radius 2 is 1.94 bits per heavy atom. The maximum Gasteiger partial charge on any atom is 0.164 e. The van der Waals surface area contributed by atoms with Crippen molar-refractivity contribution in [1.82, 2.24) is 14.5 Å². The Morgan fingerprint density at radius 1 is 1.10 bits per heavy atom. The third kappa shape index (κ3) is 4.13. The molecule has 0 N–H and O–H groups in total. The number of benzene rings is 1. The molecule has 1 saturated heterocycles. The minimum Gasteiger partial charge on any atom is -0.383 e. The monoisotopic (exact) mass is 420 g/mol. The minimum absolute atomic E-state index is 0.615. The lowest BCUT2D eigenvalue weighted by Crippen LogP contribution is -2.36. The summed E-state index contributed by atoms with van der Waals surface area (Å²) in [5.74, 6) is 0.862. The third-order valence-electron chi connectivity index (χ3n) is 5.82. The first-order valence-corrected chi connectivity index (χ1v) is 10.9. The van der Waals surface area contributed by atoms with Gasteiger partial charge in [-0.2, -0.15) is 5.10 Å². The Hall–Kier alpha value is -2.97. The second-order valence-corrected chi connectivity index (χ2v) is 7.84. The first-order valence-electron chi connectivity index (χ1n) is 10.9. The molecule has 1 fully saturated rings. The molecule has 0 amide bonds. The van der Waals surface area contributed by atoms with Crippen LogP contribution in [-0.2, 0) is 16.0 Å². The SMILES string of the molecule is COCCn1cnc2c(N3CCOCC3)cc(N3CCCC(c4ccccc4)=N3)nc21. The number of ether oxygens (including phenoxy) is 2. The topological polar surface area (TPSA) is 68.0 Å². The van der Waals surface area contributed by atoms with Crippen molar-refractivity contribution >= 4 is 28.4 Å². The van der Waals surface area contributed by atoms with Crippen LogP contribution in [0.25, 0.3) is 11.2 Å². The molecule has 0 atom stereocenters. The summed E-state index contributed by atoms with van der Waals surface area (Å²) in [6, 6.07) is 12.5. The van der Waals surface area contributed by atoms with E-state index >= 15 is 0 Å². The highest BCUT2D eigenvalue weighted by Crippen LogP contribution is 2.31. The fraction of sp³-hybridized carbons (Fsp3) is 0.435. The van der Waals surface area contributed by atoms with Gasteiger partial charge in [-0.1, -0.05) is 30.3 Å². The number of rotatable bonds is 6. The molecule has 3 aromatic rings. The average molecular weight is 421 g/mol. The zero-order valence-corrected chi connectivity index (χ0v) is 17.9. The summed E-state index contributed by atoms with van der Waals surface area (Å²) in [4.78, 5) is 12.0. The van der Waals surface area contributed by atoms with Crippen LogP contribution >= 0.6 is 0 Å². The van der Waals surface area contributed by atoms with Crippen LogP contribution in [0.2, 0.25) is 0 Å². The number of nitrogens with zero attached hydrogens (tertiary/aromatic N) is 6. The van der Waals surface area contributed by atoms with Gasteiger partial charge >= 0.3 is 0 Å². The Morgan fingerprint density at radius 3 is 2.74 bits per heavy atom. The molecule has 0 spiro atoms. The molecule has 0 bridgehead atoms. The van der Waals surface area contributed by atoms with Gasteiger partial charge in [-0.25, -0.2) is 15.0 Å². The van der Waals surface area contributed by atoms with Gasteiger partial charge < -0.3 is 18.9 Å².